The molecule has 0 atom stereocenters. The van der Waals surface area contributed by atoms with E-state index in [0.29, 0.717) is 18.4 Å². The van der Waals surface area contributed by atoms with Gasteiger partial charge in [-0.1, -0.05) is 12.8 Å². The number of alkyl halides is 3. The van der Waals surface area contributed by atoms with E-state index in [1.165, 1.54) is 6.07 Å². The molecule has 132 valence electrons. The monoisotopic (exact) mass is 345 g/mol. The quantitative estimate of drug-likeness (QED) is 0.809. The Balaban J connectivity index is 1.87. The SMILES string of the molecule is NC(=O)c1cc(C2CC2)c(OCC2(C(F)(F)F)CCCC2)cc1F. The molecule has 2 N–H and O–H groups in total. The first-order valence-electron chi connectivity index (χ1n) is 8.06. The van der Waals surface area contributed by atoms with Crippen molar-refractivity contribution < 1.29 is 27.1 Å². The van der Waals surface area contributed by atoms with Gasteiger partial charge >= 0.3 is 6.18 Å². The fraction of sp³-hybridized carbons (Fsp3) is 0.588. The summed E-state index contributed by atoms with van der Waals surface area (Å²) in [6, 6.07) is 2.31. The number of rotatable bonds is 5. The highest BCUT2D eigenvalue weighted by molar-refractivity contribution is 5.93. The van der Waals surface area contributed by atoms with Crippen molar-refractivity contribution in [1.29, 1.82) is 0 Å². The van der Waals surface area contributed by atoms with Crippen molar-refractivity contribution in [3.05, 3.63) is 29.1 Å². The van der Waals surface area contributed by atoms with Crippen molar-refractivity contribution in [3.8, 4) is 5.75 Å². The normalized spacial score (nSPS) is 20.2. The lowest BCUT2D eigenvalue weighted by Crippen LogP contribution is -2.40. The zero-order valence-electron chi connectivity index (χ0n) is 13.1. The Morgan fingerprint density at radius 3 is 2.38 bits per heavy atom. The van der Waals surface area contributed by atoms with Gasteiger partial charge in [-0.05, 0) is 43.2 Å². The summed E-state index contributed by atoms with van der Waals surface area (Å²) < 4.78 is 59.7. The van der Waals surface area contributed by atoms with Crippen molar-refractivity contribution in [2.75, 3.05) is 6.61 Å². The van der Waals surface area contributed by atoms with Crippen LogP contribution >= 0.6 is 0 Å². The zero-order chi connectivity index (χ0) is 17.5. The van der Waals surface area contributed by atoms with Crippen LogP contribution < -0.4 is 10.5 Å². The van der Waals surface area contributed by atoms with E-state index in [2.05, 4.69) is 0 Å². The second-order valence-electron chi connectivity index (χ2n) is 6.78. The molecule has 0 saturated heterocycles. The number of carbonyl (C=O) groups is 1. The predicted molar refractivity (Wildman–Crippen MR) is 79.3 cm³/mol. The maximum atomic E-state index is 14.0. The van der Waals surface area contributed by atoms with Gasteiger partial charge in [-0.3, -0.25) is 4.79 Å². The van der Waals surface area contributed by atoms with E-state index >= 15 is 0 Å². The molecule has 0 radical (unpaired) electrons. The molecular formula is C17H19F4NO2. The number of halogens is 4. The third kappa shape index (κ3) is 3.08. The topological polar surface area (TPSA) is 52.3 Å². The summed E-state index contributed by atoms with van der Waals surface area (Å²) >= 11 is 0. The first-order valence-corrected chi connectivity index (χ1v) is 8.06. The molecule has 2 saturated carbocycles. The molecule has 2 aliphatic carbocycles. The molecule has 0 aliphatic heterocycles. The molecule has 0 heterocycles. The molecule has 7 heteroatoms. The molecule has 24 heavy (non-hydrogen) atoms. The van der Waals surface area contributed by atoms with Crippen molar-refractivity contribution in [2.24, 2.45) is 11.1 Å². The molecule has 3 nitrogen and oxygen atoms in total. The number of hydrogen-bond donors (Lipinski definition) is 1. The molecule has 1 aromatic rings. The second-order valence-corrected chi connectivity index (χ2v) is 6.78. The molecule has 0 unspecified atom stereocenters. The standard InChI is InChI=1S/C17H19F4NO2/c18-13-8-14(11(10-3-4-10)7-12(13)15(22)23)24-9-16(17(19,20)21)5-1-2-6-16/h7-8,10H,1-6,9H2,(H2,22,23). The average Bonchev–Trinajstić information content (AvgIpc) is 3.21. The Kier molecular flexibility index (Phi) is 4.21. The van der Waals surface area contributed by atoms with Crippen molar-refractivity contribution in [2.45, 2.75) is 50.6 Å². The highest BCUT2D eigenvalue weighted by Crippen LogP contribution is 2.51. The van der Waals surface area contributed by atoms with Crippen LogP contribution in [0.3, 0.4) is 0 Å². The first kappa shape index (κ1) is 17.0. The lowest BCUT2D eigenvalue weighted by atomic mass is 9.86. The van der Waals surface area contributed by atoms with Crippen LogP contribution in [0, 0.1) is 11.2 Å². The predicted octanol–water partition coefficient (Wildman–Crippen LogP) is 4.30. The molecule has 2 aliphatic rings. The van der Waals surface area contributed by atoms with Gasteiger partial charge in [0.1, 0.15) is 18.2 Å². The average molecular weight is 345 g/mol. The fourth-order valence-electron chi connectivity index (χ4n) is 3.38. The number of nitrogens with two attached hydrogens (primary N) is 1. The summed E-state index contributed by atoms with van der Waals surface area (Å²) in [5.74, 6) is -1.59. The maximum Gasteiger partial charge on any atom is 0.397 e. The summed E-state index contributed by atoms with van der Waals surface area (Å²) in [4.78, 5) is 11.3. The molecule has 3 rings (SSSR count). The van der Waals surface area contributed by atoms with Gasteiger partial charge in [-0.25, -0.2) is 4.39 Å². The van der Waals surface area contributed by atoms with Gasteiger partial charge < -0.3 is 10.5 Å². The van der Waals surface area contributed by atoms with Crippen LogP contribution in [0.15, 0.2) is 12.1 Å². The fourth-order valence-corrected chi connectivity index (χ4v) is 3.38. The van der Waals surface area contributed by atoms with Gasteiger partial charge in [0.05, 0.1) is 11.0 Å². The molecule has 0 spiro atoms. The Bertz CT molecular complexity index is 647. The Labute approximate surface area is 137 Å². The maximum absolute atomic E-state index is 14.0. The minimum atomic E-state index is -4.35. The smallest absolute Gasteiger partial charge is 0.397 e. The van der Waals surface area contributed by atoms with E-state index < -0.39 is 29.9 Å². The molecule has 0 aromatic heterocycles. The van der Waals surface area contributed by atoms with E-state index in [-0.39, 0.29) is 30.1 Å². The summed E-state index contributed by atoms with van der Waals surface area (Å²) in [5.41, 5.74) is 3.58. The molecule has 0 bridgehead atoms. The van der Waals surface area contributed by atoms with Crippen LogP contribution in [0.5, 0.6) is 5.75 Å². The second kappa shape index (κ2) is 5.93. The molecule has 2 fully saturated rings. The largest absolute Gasteiger partial charge is 0.492 e. The number of hydrogen-bond acceptors (Lipinski definition) is 2. The number of ether oxygens (including phenoxy) is 1. The van der Waals surface area contributed by atoms with Gasteiger partial charge in [-0.2, -0.15) is 13.2 Å². The third-order valence-electron chi connectivity index (χ3n) is 5.05. The summed E-state index contributed by atoms with van der Waals surface area (Å²) in [6.07, 6.45) is -1.61. The summed E-state index contributed by atoms with van der Waals surface area (Å²) in [7, 11) is 0. The van der Waals surface area contributed by atoms with Crippen molar-refractivity contribution in [1.82, 2.24) is 0 Å². The lowest BCUT2D eigenvalue weighted by molar-refractivity contribution is -0.230. The van der Waals surface area contributed by atoms with Crippen LogP contribution in [-0.2, 0) is 0 Å². The van der Waals surface area contributed by atoms with Crippen molar-refractivity contribution in [3.63, 3.8) is 0 Å². The van der Waals surface area contributed by atoms with Gasteiger partial charge in [0.2, 0.25) is 0 Å². The van der Waals surface area contributed by atoms with Gasteiger partial charge in [0.15, 0.2) is 0 Å². The number of primary amides is 1. The van der Waals surface area contributed by atoms with Crippen LogP contribution in [-0.4, -0.2) is 18.7 Å². The van der Waals surface area contributed by atoms with Gasteiger partial charge in [0.25, 0.3) is 5.91 Å². The van der Waals surface area contributed by atoms with E-state index in [9.17, 15) is 22.4 Å². The molecular weight excluding hydrogens is 326 g/mol. The number of amides is 1. The highest BCUT2D eigenvalue weighted by atomic mass is 19.4. The van der Waals surface area contributed by atoms with E-state index in [1.54, 1.807) is 0 Å². The van der Waals surface area contributed by atoms with E-state index in [4.69, 9.17) is 10.5 Å². The Hall–Kier alpha value is -1.79. The minimum absolute atomic E-state index is 0.0249. The lowest BCUT2D eigenvalue weighted by Gasteiger charge is -2.31. The number of carbonyl (C=O) groups excluding carboxylic acids is 1. The van der Waals surface area contributed by atoms with Gasteiger partial charge in [-0.15, -0.1) is 0 Å². The minimum Gasteiger partial charge on any atom is -0.492 e. The van der Waals surface area contributed by atoms with E-state index in [1.807, 2.05) is 0 Å². The molecule has 1 amide bonds. The third-order valence-corrected chi connectivity index (χ3v) is 5.05. The van der Waals surface area contributed by atoms with Crippen LogP contribution in [0.25, 0.3) is 0 Å². The van der Waals surface area contributed by atoms with Crippen LogP contribution in [0.4, 0.5) is 17.6 Å². The summed E-state index contributed by atoms with van der Waals surface area (Å²) in [6.45, 7) is -0.522. The van der Waals surface area contributed by atoms with E-state index in [0.717, 1.165) is 18.9 Å². The van der Waals surface area contributed by atoms with Crippen LogP contribution in [0.2, 0.25) is 0 Å². The summed E-state index contributed by atoms with van der Waals surface area (Å²) in [5, 5.41) is 0. The number of benzene rings is 1. The van der Waals surface area contributed by atoms with Crippen molar-refractivity contribution >= 4 is 5.91 Å². The first-order chi connectivity index (χ1) is 11.2. The zero-order valence-corrected chi connectivity index (χ0v) is 13.1. The highest BCUT2D eigenvalue weighted by Gasteiger charge is 2.56. The Morgan fingerprint density at radius 2 is 1.88 bits per heavy atom. The van der Waals surface area contributed by atoms with Crippen LogP contribution in [0.1, 0.15) is 60.4 Å². The van der Waals surface area contributed by atoms with Gasteiger partial charge in [0, 0.05) is 6.07 Å². The molecule has 1 aromatic carbocycles. The Morgan fingerprint density at radius 1 is 1.25 bits per heavy atom.